The van der Waals surface area contributed by atoms with E-state index in [2.05, 4.69) is 23.3 Å². The third-order valence-corrected chi connectivity index (χ3v) is 3.15. The van der Waals surface area contributed by atoms with Crippen LogP contribution in [-0.2, 0) is 6.54 Å². The van der Waals surface area contributed by atoms with E-state index in [1.54, 1.807) is 0 Å². The predicted octanol–water partition coefficient (Wildman–Crippen LogP) is 4.13. The summed E-state index contributed by atoms with van der Waals surface area (Å²) in [5.41, 5.74) is 2.19. The number of rotatable bonds is 5. The second-order valence-electron chi connectivity index (χ2n) is 3.99. The maximum Gasteiger partial charge on any atom is 0.0705 e. The molecule has 2 rings (SSSR count). The van der Waals surface area contributed by atoms with Gasteiger partial charge in [-0.05, 0) is 19.0 Å². The van der Waals surface area contributed by atoms with E-state index in [9.17, 15) is 0 Å². The monoisotopic (exact) mass is 272 g/mol. The molecular weight excluding hydrogens is 255 g/mol. The number of aromatic nitrogens is 1. The first-order valence-electron chi connectivity index (χ1n) is 5.78. The lowest BCUT2D eigenvalue weighted by molar-refractivity contribution is 0.635. The van der Waals surface area contributed by atoms with Gasteiger partial charge in [0.15, 0.2) is 0 Å². The molecule has 0 spiro atoms. The van der Waals surface area contributed by atoms with Crippen molar-refractivity contribution in [1.82, 2.24) is 10.3 Å². The molecule has 0 bridgehead atoms. The van der Waals surface area contributed by atoms with Gasteiger partial charge in [-0.15, -0.1) is 12.4 Å². The first-order chi connectivity index (χ1) is 7.83. The van der Waals surface area contributed by atoms with Gasteiger partial charge in [0.05, 0.1) is 5.02 Å². The van der Waals surface area contributed by atoms with E-state index in [0.29, 0.717) is 0 Å². The fraction of sp³-hybridized carbons (Fsp3) is 0.385. The summed E-state index contributed by atoms with van der Waals surface area (Å²) in [6.07, 6.45) is 2.42. The first kappa shape index (κ1) is 14.4. The van der Waals surface area contributed by atoms with Crippen LogP contribution in [-0.4, -0.2) is 11.5 Å². The lowest BCUT2D eigenvalue weighted by Gasteiger charge is -2.01. The maximum absolute atomic E-state index is 6.30. The highest BCUT2D eigenvalue weighted by atomic mass is 35.5. The number of fused-ring (bicyclic) bond motifs is 1. The van der Waals surface area contributed by atoms with Crippen molar-refractivity contribution >= 4 is 34.9 Å². The smallest absolute Gasteiger partial charge is 0.0705 e. The van der Waals surface area contributed by atoms with Crippen LogP contribution in [0.2, 0.25) is 5.02 Å². The van der Waals surface area contributed by atoms with E-state index in [0.717, 1.165) is 34.7 Å². The Morgan fingerprint density at radius 2 is 2.06 bits per heavy atom. The lowest BCUT2D eigenvalue weighted by Crippen LogP contribution is -2.14. The molecule has 1 aromatic heterocycles. The number of hydrogen-bond donors (Lipinski definition) is 2. The molecule has 2 aromatic rings. The van der Waals surface area contributed by atoms with Crippen molar-refractivity contribution < 1.29 is 0 Å². The third kappa shape index (κ3) is 3.38. The average molecular weight is 273 g/mol. The Hall–Kier alpha value is -0.700. The van der Waals surface area contributed by atoms with E-state index < -0.39 is 0 Å². The molecule has 0 aliphatic heterocycles. The number of halogens is 2. The molecule has 1 heterocycles. The molecule has 2 N–H and O–H groups in total. The van der Waals surface area contributed by atoms with Gasteiger partial charge in [0.2, 0.25) is 0 Å². The molecule has 0 aliphatic rings. The Labute approximate surface area is 113 Å². The summed E-state index contributed by atoms with van der Waals surface area (Å²) in [6.45, 7) is 4.05. The van der Waals surface area contributed by atoms with E-state index in [1.165, 1.54) is 12.8 Å². The average Bonchev–Trinajstić information content (AvgIpc) is 2.63. The topological polar surface area (TPSA) is 27.8 Å². The Kier molecular flexibility index (Phi) is 5.83. The van der Waals surface area contributed by atoms with Gasteiger partial charge in [0.25, 0.3) is 0 Å². The summed E-state index contributed by atoms with van der Waals surface area (Å²) >= 11 is 6.30. The zero-order valence-corrected chi connectivity index (χ0v) is 11.5. The quantitative estimate of drug-likeness (QED) is 0.787. The lowest BCUT2D eigenvalue weighted by atomic mass is 10.2. The second-order valence-corrected chi connectivity index (χ2v) is 4.37. The van der Waals surface area contributed by atoms with Crippen LogP contribution in [0.3, 0.4) is 0 Å². The van der Waals surface area contributed by atoms with Crippen LogP contribution in [0.15, 0.2) is 24.3 Å². The van der Waals surface area contributed by atoms with Crippen molar-refractivity contribution in [1.29, 1.82) is 0 Å². The molecule has 17 heavy (non-hydrogen) atoms. The van der Waals surface area contributed by atoms with E-state index >= 15 is 0 Å². The minimum absolute atomic E-state index is 0. The summed E-state index contributed by atoms with van der Waals surface area (Å²) in [5, 5.41) is 5.34. The Morgan fingerprint density at radius 3 is 2.76 bits per heavy atom. The van der Waals surface area contributed by atoms with Gasteiger partial charge in [-0.3, -0.25) is 0 Å². The van der Waals surface area contributed by atoms with Crippen LogP contribution < -0.4 is 5.32 Å². The van der Waals surface area contributed by atoms with Crippen LogP contribution in [0.25, 0.3) is 10.9 Å². The van der Waals surface area contributed by atoms with Gasteiger partial charge in [0.1, 0.15) is 0 Å². The van der Waals surface area contributed by atoms with Crippen LogP contribution in [0.5, 0.6) is 0 Å². The third-order valence-electron chi connectivity index (χ3n) is 2.72. The molecule has 1 aromatic carbocycles. The van der Waals surface area contributed by atoms with Crippen LogP contribution in [0.1, 0.15) is 25.5 Å². The zero-order chi connectivity index (χ0) is 11.4. The standard InChI is InChI=1S/C13H17ClN2.ClH/c1-2-3-8-15-9-12-13(14)10-6-4-5-7-11(10)16-12;/h4-7,15-16H,2-3,8-9H2,1H3;1H. The molecule has 2 nitrogen and oxygen atoms in total. The van der Waals surface area contributed by atoms with Crippen LogP contribution in [0, 0.1) is 0 Å². The van der Waals surface area contributed by atoms with Crippen molar-refractivity contribution in [2.75, 3.05) is 6.54 Å². The molecule has 0 aliphatic carbocycles. The highest BCUT2D eigenvalue weighted by Crippen LogP contribution is 2.26. The highest BCUT2D eigenvalue weighted by molar-refractivity contribution is 6.36. The molecule has 4 heteroatoms. The molecular formula is C13H18Cl2N2. The second kappa shape index (κ2) is 6.90. The number of unbranched alkanes of at least 4 members (excludes halogenated alkanes) is 1. The van der Waals surface area contributed by atoms with Crippen molar-refractivity contribution in [3.63, 3.8) is 0 Å². The maximum atomic E-state index is 6.30. The molecule has 94 valence electrons. The Balaban J connectivity index is 0.00000144. The molecule has 0 saturated heterocycles. The van der Waals surface area contributed by atoms with Crippen molar-refractivity contribution in [3.8, 4) is 0 Å². The Bertz CT molecular complexity index is 465. The molecule has 0 amide bonds. The first-order valence-corrected chi connectivity index (χ1v) is 6.16. The fourth-order valence-electron chi connectivity index (χ4n) is 1.80. The number of nitrogens with one attached hydrogen (secondary N) is 2. The number of aromatic amines is 1. The van der Waals surface area contributed by atoms with Gasteiger partial charge in [-0.1, -0.05) is 43.1 Å². The van der Waals surface area contributed by atoms with Crippen molar-refractivity contribution in [3.05, 3.63) is 35.0 Å². The van der Waals surface area contributed by atoms with Crippen LogP contribution >= 0.6 is 24.0 Å². The van der Waals surface area contributed by atoms with Crippen molar-refractivity contribution in [2.24, 2.45) is 0 Å². The zero-order valence-electron chi connectivity index (χ0n) is 9.92. The molecule has 0 atom stereocenters. The summed E-state index contributed by atoms with van der Waals surface area (Å²) in [7, 11) is 0. The largest absolute Gasteiger partial charge is 0.356 e. The summed E-state index contributed by atoms with van der Waals surface area (Å²) in [4.78, 5) is 3.35. The van der Waals surface area contributed by atoms with Gasteiger partial charge >= 0.3 is 0 Å². The molecule has 0 radical (unpaired) electrons. The minimum Gasteiger partial charge on any atom is -0.356 e. The Morgan fingerprint density at radius 1 is 1.29 bits per heavy atom. The summed E-state index contributed by atoms with van der Waals surface area (Å²) in [6, 6.07) is 8.13. The normalized spacial score (nSPS) is 10.5. The predicted molar refractivity (Wildman–Crippen MR) is 77.2 cm³/mol. The van der Waals surface area contributed by atoms with E-state index in [1.807, 2.05) is 18.2 Å². The summed E-state index contributed by atoms with van der Waals surface area (Å²) < 4.78 is 0. The van der Waals surface area contributed by atoms with Gasteiger partial charge in [-0.25, -0.2) is 0 Å². The summed E-state index contributed by atoms with van der Waals surface area (Å²) in [5.74, 6) is 0. The SMILES string of the molecule is CCCCNCc1[nH]c2ccccc2c1Cl.Cl. The fourth-order valence-corrected chi connectivity index (χ4v) is 2.08. The minimum atomic E-state index is 0. The number of hydrogen-bond acceptors (Lipinski definition) is 1. The number of para-hydroxylation sites is 1. The number of H-pyrrole nitrogens is 1. The van der Waals surface area contributed by atoms with Crippen molar-refractivity contribution in [2.45, 2.75) is 26.3 Å². The van der Waals surface area contributed by atoms with E-state index in [-0.39, 0.29) is 12.4 Å². The molecule has 0 fully saturated rings. The van der Waals surface area contributed by atoms with Crippen LogP contribution in [0.4, 0.5) is 0 Å². The van der Waals surface area contributed by atoms with Gasteiger partial charge in [-0.2, -0.15) is 0 Å². The van der Waals surface area contributed by atoms with Gasteiger partial charge < -0.3 is 10.3 Å². The molecule has 0 saturated carbocycles. The van der Waals surface area contributed by atoms with Gasteiger partial charge in [0, 0.05) is 23.1 Å². The highest BCUT2D eigenvalue weighted by Gasteiger charge is 2.07. The van der Waals surface area contributed by atoms with E-state index in [4.69, 9.17) is 11.6 Å². The molecule has 0 unspecified atom stereocenters. The number of benzene rings is 1.